The van der Waals surface area contributed by atoms with Gasteiger partial charge in [0.15, 0.2) is 0 Å². The largest absolute Gasteiger partial charge is 0.398 e. The minimum Gasteiger partial charge on any atom is -0.398 e. The van der Waals surface area contributed by atoms with E-state index in [9.17, 15) is 12.8 Å². The second-order valence-corrected chi connectivity index (χ2v) is 5.74. The molecule has 5 nitrogen and oxygen atoms in total. The van der Waals surface area contributed by atoms with Crippen molar-refractivity contribution in [3.63, 3.8) is 0 Å². The molecule has 0 saturated heterocycles. The average molecular weight is 302 g/mol. The summed E-state index contributed by atoms with van der Waals surface area (Å²) in [5.41, 5.74) is 5.65. The van der Waals surface area contributed by atoms with Crippen LogP contribution < -0.4 is 10.5 Å². The molecule has 0 aliphatic heterocycles. The van der Waals surface area contributed by atoms with Crippen LogP contribution >= 0.6 is 11.6 Å². The van der Waals surface area contributed by atoms with Gasteiger partial charge in [0, 0.05) is 5.02 Å². The Labute approximate surface area is 114 Å². The summed E-state index contributed by atoms with van der Waals surface area (Å²) in [7, 11) is -3.92. The van der Waals surface area contributed by atoms with E-state index in [2.05, 4.69) is 9.71 Å². The van der Waals surface area contributed by atoms with Gasteiger partial charge in [-0.25, -0.2) is 17.8 Å². The predicted molar refractivity (Wildman–Crippen MR) is 70.9 cm³/mol. The SMILES string of the molecule is Nc1ccc(Cl)cc1S(=O)(=O)Nc1ccc(F)cn1. The molecule has 0 fully saturated rings. The highest BCUT2D eigenvalue weighted by molar-refractivity contribution is 7.92. The minimum atomic E-state index is -3.92. The molecule has 1 heterocycles. The lowest BCUT2D eigenvalue weighted by atomic mass is 10.3. The molecule has 0 amide bonds. The van der Waals surface area contributed by atoms with Crippen molar-refractivity contribution in [3.05, 3.63) is 47.4 Å². The summed E-state index contributed by atoms with van der Waals surface area (Å²) >= 11 is 5.73. The summed E-state index contributed by atoms with van der Waals surface area (Å²) in [6, 6.07) is 6.38. The van der Waals surface area contributed by atoms with Crippen LogP contribution in [0.5, 0.6) is 0 Å². The van der Waals surface area contributed by atoms with Crippen LogP contribution in [-0.2, 0) is 10.0 Å². The van der Waals surface area contributed by atoms with Crippen molar-refractivity contribution < 1.29 is 12.8 Å². The highest BCUT2D eigenvalue weighted by atomic mass is 35.5. The molecule has 0 unspecified atom stereocenters. The van der Waals surface area contributed by atoms with Crippen molar-refractivity contribution in [2.75, 3.05) is 10.5 Å². The van der Waals surface area contributed by atoms with Gasteiger partial charge >= 0.3 is 0 Å². The lowest BCUT2D eigenvalue weighted by molar-refractivity contribution is 0.600. The lowest BCUT2D eigenvalue weighted by Crippen LogP contribution is -2.15. The van der Waals surface area contributed by atoms with Crippen LogP contribution in [-0.4, -0.2) is 13.4 Å². The van der Waals surface area contributed by atoms with Crippen LogP contribution in [0.4, 0.5) is 15.9 Å². The number of anilines is 2. The molecule has 19 heavy (non-hydrogen) atoms. The van der Waals surface area contributed by atoms with Crippen molar-refractivity contribution in [3.8, 4) is 0 Å². The first kappa shape index (κ1) is 13.6. The molecule has 0 spiro atoms. The van der Waals surface area contributed by atoms with Gasteiger partial charge < -0.3 is 5.73 Å². The fourth-order valence-electron chi connectivity index (χ4n) is 1.37. The zero-order valence-electron chi connectivity index (χ0n) is 9.47. The summed E-state index contributed by atoms with van der Waals surface area (Å²) in [5.74, 6) is -0.578. The number of aromatic nitrogens is 1. The maximum Gasteiger partial charge on any atom is 0.265 e. The second-order valence-electron chi connectivity index (χ2n) is 3.65. The molecule has 8 heteroatoms. The Hall–Kier alpha value is -1.86. The first-order chi connectivity index (χ1) is 8.88. The maximum atomic E-state index is 12.7. The first-order valence-corrected chi connectivity index (χ1v) is 6.94. The Morgan fingerprint density at radius 2 is 2.00 bits per heavy atom. The topological polar surface area (TPSA) is 85.1 Å². The van der Waals surface area contributed by atoms with Crippen LogP contribution in [0.2, 0.25) is 5.02 Å². The fraction of sp³-hybridized carbons (Fsp3) is 0. The second kappa shape index (κ2) is 5.02. The third kappa shape index (κ3) is 3.12. The lowest BCUT2D eigenvalue weighted by Gasteiger charge is -2.09. The number of benzene rings is 1. The van der Waals surface area contributed by atoms with Crippen LogP contribution in [0.3, 0.4) is 0 Å². The van der Waals surface area contributed by atoms with Crippen LogP contribution in [0, 0.1) is 5.82 Å². The number of sulfonamides is 1. The van der Waals surface area contributed by atoms with Crippen molar-refractivity contribution in [2.45, 2.75) is 4.90 Å². The average Bonchev–Trinajstić information content (AvgIpc) is 2.35. The van der Waals surface area contributed by atoms with Gasteiger partial charge in [-0.3, -0.25) is 4.72 Å². The number of nitrogens with one attached hydrogen (secondary N) is 1. The third-order valence-electron chi connectivity index (χ3n) is 2.23. The van der Waals surface area contributed by atoms with Crippen LogP contribution in [0.1, 0.15) is 0 Å². The van der Waals surface area contributed by atoms with Crippen molar-refractivity contribution in [1.29, 1.82) is 0 Å². The standard InChI is InChI=1S/C11H9ClFN3O2S/c12-7-1-3-9(14)10(5-7)19(17,18)16-11-4-2-8(13)6-15-11/h1-6H,14H2,(H,15,16). The zero-order valence-corrected chi connectivity index (χ0v) is 11.0. The monoisotopic (exact) mass is 301 g/mol. The molecule has 0 radical (unpaired) electrons. The molecule has 0 aliphatic rings. The van der Waals surface area contributed by atoms with Crippen LogP contribution in [0.25, 0.3) is 0 Å². The summed E-state index contributed by atoms with van der Waals surface area (Å²) in [4.78, 5) is 3.44. The highest BCUT2D eigenvalue weighted by Gasteiger charge is 2.18. The molecule has 0 saturated carbocycles. The molecule has 2 aromatic rings. The quantitative estimate of drug-likeness (QED) is 0.852. The van der Waals surface area contributed by atoms with E-state index in [-0.39, 0.29) is 21.4 Å². The van der Waals surface area contributed by atoms with E-state index in [0.29, 0.717) is 0 Å². The Balaban J connectivity index is 2.37. The molecule has 0 aliphatic carbocycles. The highest BCUT2D eigenvalue weighted by Crippen LogP contribution is 2.24. The Morgan fingerprint density at radius 1 is 1.26 bits per heavy atom. The Morgan fingerprint density at radius 3 is 2.63 bits per heavy atom. The van der Waals surface area contributed by atoms with E-state index in [1.807, 2.05) is 0 Å². The van der Waals surface area contributed by atoms with E-state index in [4.69, 9.17) is 17.3 Å². The zero-order chi connectivity index (χ0) is 14.0. The maximum absolute atomic E-state index is 12.7. The van der Waals surface area contributed by atoms with Gasteiger partial charge in [-0.1, -0.05) is 11.6 Å². The summed E-state index contributed by atoms with van der Waals surface area (Å²) < 4.78 is 39.0. The molecular weight excluding hydrogens is 293 g/mol. The number of rotatable bonds is 3. The molecule has 3 N–H and O–H groups in total. The predicted octanol–water partition coefficient (Wildman–Crippen LogP) is 2.26. The smallest absolute Gasteiger partial charge is 0.265 e. The molecule has 1 aromatic carbocycles. The third-order valence-corrected chi connectivity index (χ3v) is 3.88. The van der Waals surface area contributed by atoms with Gasteiger partial charge in [-0.2, -0.15) is 0 Å². The molecular formula is C11H9ClFN3O2S. The minimum absolute atomic E-state index is 0.0132. The normalized spacial score (nSPS) is 11.3. The van der Waals surface area contributed by atoms with Crippen LogP contribution in [0.15, 0.2) is 41.4 Å². The number of pyridine rings is 1. The van der Waals surface area contributed by atoms with Gasteiger partial charge in [-0.05, 0) is 30.3 Å². The molecule has 0 bridgehead atoms. The van der Waals surface area contributed by atoms with E-state index >= 15 is 0 Å². The van der Waals surface area contributed by atoms with Gasteiger partial charge in [-0.15, -0.1) is 0 Å². The van der Waals surface area contributed by atoms with Crippen molar-refractivity contribution in [1.82, 2.24) is 4.98 Å². The van der Waals surface area contributed by atoms with Gasteiger partial charge in [0.1, 0.15) is 16.5 Å². The molecule has 2 rings (SSSR count). The van der Waals surface area contributed by atoms with Gasteiger partial charge in [0.05, 0.1) is 11.9 Å². The first-order valence-electron chi connectivity index (χ1n) is 5.08. The molecule has 100 valence electrons. The molecule has 0 atom stereocenters. The Kier molecular flexibility index (Phi) is 3.59. The number of nitrogens with two attached hydrogens (primary N) is 1. The number of hydrogen-bond acceptors (Lipinski definition) is 4. The van der Waals surface area contributed by atoms with Gasteiger partial charge in [0.25, 0.3) is 10.0 Å². The van der Waals surface area contributed by atoms with Crippen molar-refractivity contribution >= 4 is 33.1 Å². The summed E-state index contributed by atoms with van der Waals surface area (Å²) in [6.07, 6.45) is 0.902. The van der Waals surface area contributed by atoms with E-state index in [0.717, 1.165) is 12.3 Å². The molecule has 1 aromatic heterocycles. The van der Waals surface area contributed by atoms with E-state index in [1.54, 1.807) is 0 Å². The van der Waals surface area contributed by atoms with E-state index < -0.39 is 15.8 Å². The number of halogens is 2. The summed E-state index contributed by atoms with van der Waals surface area (Å²) in [6.45, 7) is 0. The van der Waals surface area contributed by atoms with Crippen molar-refractivity contribution in [2.24, 2.45) is 0 Å². The summed E-state index contributed by atoms with van der Waals surface area (Å²) in [5, 5.41) is 0.238. The number of hydrogen-bond donors (Lipinski definition) is 2. The van der Waals surface area contributed by atoms with E-state index in [1.165, 1.54) is 24.3 Å². The number of nitrogens with zero attached hydrogens (tertiary/aromatic N) is 1. The van der Waals surface area contributed by atoms with Gasteiger partial charge in [0.2, 0.25) is 0 Å². The Bertz CT molecular complexity index is 704. The fourth-order valence-corrected chi connectivity index (χ4v) is 2.77. The number of nitrogen functional groups attached to an aromatic ring is 1.